The van der Waals surface area contributed by atoms with Gasteiger partial charge in [-0.1, -0.05) is 0 Å². The molecule has 94 valence electrons. The quantitative estimate of drug-likeness (QED) is 0.481. The predicted molar refractivity (Wildman–Crippen MR) is 66.4 cm³/mol. The van der Waals surface area contributed by atoms with Crippen molar-refractivity contribution in [2.45, 2.75) is 0 Å². The fraction of sp³-hybridized carbons (Fsp3) is 0.200. The number of aryl methyl sites for hydroxylation is 1. The topological polar surface area (TPSA) is 87.3 Å². The summed E-state index contributed by atoms with van der Waals surface area (Å²) in [6, 6.07) is 1.51. The molecule has 0 atom stereocenters. The number of hydrogen-bond donors (Lipinski definition) is 0. The molecule has 0 aliphatic heterocycles. The molecule has 0 spiro atoms. The van der Waals surface area contributed by atoms with Crippen LogP contribution in [0.4, 0.5) is 5.69 Å². The molecule has 0 bridgehead atoms. The number of carbonyl (C=O) groups excluding carboxylic acids is 1. The Labute approximate surface area is 110 Å². The van der Waals surface area contributed by atoms with Gasteiger partial charge in [0.2, 0.25) is 0 Å². The number of methoxy groups -OCH3 is 1. The Morgan fingerprint density at radius 2 is 2.28 bits per heavy atom. The number of rotatable bonds is 2. The van der Waals surface area contributed by atoms with Crippen LogP contribution in [0.25, 0.3) is 10.9 Å². The van der Waals surface area contributed by atoms with E-state index in [1.54, 1.807) is 7.05 Å². The summed E-state index contributed by atoms with van der Waals surface area (Å²) >= 11 is 3.07. The van der Waals surface area contributed by atoms with Crippen molar-refractivity contribution >= 4 is 38.5 Å². The lowest BCUT2D eigenvalue weighted by atomic mass is 10.1. The van der Waals surface area contributed by atoms with E-state index in [0.29, 0.717) is 10.9 Å². The molecule has 1 aromatic carbocycles. The summed E-state index contributed by atoms with van der Waals surface area (Å²) in [5.41, 5.74) is 0.395. The van der Waals surface area contributed by atoms with Gasteiger partial charge in [-0.15, -0.1) is 0 Å². The first kappa shape index (κ1) is 12.5. The van der Waals surface area contributed by atoms with Crippen LogP contribution in [0.3, 0.4) is 0 Å². The Kier molecular flexibility index (Phi) is 3.04. The average molecular weight is 314 g/mol. The van der Waals surface area contributed by atoms with Gasteiger partial charge in [0.15, 0.2) is 0 Å². The van der Waals surface area contributed by atoms with Crippen molar-refractivity contribution in [3.05, 3.63) is 32.4 Å². The first-order valence-corrected chi connectivity index (χ1v) is 5.63. The summed E-state index contributed by atoms with van der Waals surface area (Å²) in [4.78, 5) is 22.1. The minimum atomic E-state index is -0.645. The van der Waals surface area contributed by atoms with E-state index < -0.39 is 10.9 Å². The van der Waals surface area contributed by atoms with E-state index in [1.165, 1.54) is 24.1 Å². The van der Waals surface area contributed by atoms with E-state index >= 15 is 0 Å². The van der Waals surface area contributed by atoms with Gasteiger partial charge in [0.25, 0.3) is 5.69 Å². The predicted octanol–water partition coefficient (Wildman–Crippen LogP) is 2.03. The van der Waals surface area contributed by atoms with Crippen molar-refractivity contribution in [3.8, 4) is 0 Å². The highest BCUT2D eigenvalue weighted by atomic mass is 79.9. The van der Waals surface area contributed by atoms with Crippen molar-refractivity contribution in [1.29, 1.82) is 0 Å². The molecule has 0 radical (unpaired) electrons. The Bertz CT molecular complexity index is 665. The maximum absolute atomic E-state index is 11.6. The molecule has 8 heteroatoms. The number of fused-ring (bicyclic) bond motifs is 1. The summed E-state index contributed by atoms with van der Waals surface area (Å²) < 4.78 is 6.15. The molecule has 18 heavy (non-hydrogen) atoms. The summed E-state index contributed by atoms with van der Waals surface area (Å²) in [6.07, 6.45) is 1.39. The van der Waals surface area contributed by atoms with Crippen LogP contribution in [0, 0.1) is 10.1 Å². The zero-order valence-corrected chi connectivity index (χ0v) is 11.1. The van der Waals surface area contributed by atoms with E-state index in [2.05, 4.69) is 25.8 Å². The lowest BCUT2D eigenvalue weighted by Gasteiger charge is -2.05. The largest absolute Gasteiger partial charge is 0.465 e. The zero-order valence-electron chi connectivity index (χ0n) is 9.51. The Morgan fingerprint density at radius 1 is 1.61 bits per heavy atom. The Morgan fingerprint density at radius 3 is 2.83 bits per heavy atom. The molecule has 1 heterocycles. The van der Waals surface area contributed by atoms with E-state index in [4.69, 9.17) is 0 Å². The number of esters is 1. The molecule has 2 aromatic rings. The minimum Gasteiger partial charge on any atom is -0.465 e. The third-order valence-corrected chi connectivity index (χ3v) is 3.36. The van der Waals surface area contributed by atoms with Crippen LogP contribution in [0.5, 0.6) is 0 Å². The number of halogens is 1. The smallest absolute Gasteiger partial charge is 0.339 e. The molecule has 2 rings (SSSR count). The van der Waals surface area contributed by atoms with Crippen molar-refractivity contribution in [2.75, 3.05) is 7.11 Å². The highest BCUT2D eigenvalue weighted by molar-refractivity contribution is 9.10. The molecule has 0 saturated heterocycles. The van der Waals surface area contributed by atoms with Crippen LogP contribution in [0.1, 0.15) is 10.4 Å². The second-order valence-electron chi connectivity index (χ2n) is 3.54. The van der Waals surface area contributed by atoms with Gasteiger partial charge in [-0.2, -0.15) is 5.10 Å². The lowest BCUT2D eigenvalue weighted by Crippen LogP contribution is -2.05. The molecule has 0 unspecified atom stereocenters. The summed E-state index contributed by atoms with van der Waals surface area (Å²) in [5, 5.41) is 15.4. The molecule has 0 N–H and O–H groups in total. The highest BCUT2D eigenvalue weighted by Crippen LogP contribution is 2.36. The molecular weight excluding hydrogens is 306 g/mol. The van der Waals surface area contributed by atoms with Gasteiger partial charge < -0.3 is 4.74 Å². The zero-order chi connectivity index (χ0) is 13.4. The van der Waals surface area contributed by atoms with Gasteiger partial charge >= 0.3 is 5.97 Å². The minimum absolute atomic E-state index is 0.0971. The molecule has 0 saturated carbocycles. The number of ether oxygens (including phenoxy) is 1. The van der Waals surface area contributed by atoms with E-state index in [-0.39, 0.29) is 15.7 Å². The van der Waals surface area contributed by atoms with Crippen LogP contribution in [0.2, 0.25) is 0 Å². The van der Waals surface area contributed by atoms with Gasteiger partial charge in [0.1, 0.15) is 4.47 Å². The molecule has 0 amide bonds. The van der Waals surface area contributed by atoms with Crippen molar-refractivity contribution in [3.63, 3.8) is 0 Å². The van der Waals surface area contributed by atoms with E-state index in [0.717, 1.165) is 0 Å². The Balaban J connectivity index is 2.90. The van der Waals surface area contributed by atoms with Crippen molar-refractivity contribution in [2.24, 2.45) is 7.05 Å². The molecule has 1 aromatic heterocycles. The highest BCUT2D eigenvalue weighted by Gasteiger charge is 2.26. The average Bonchev–Trinajstić information content (AvgIpc) is 2.68. The fourth-order valence-corrected chi connectivity index (χ4v) is 2.32. The van der Waals surface area contributed by atoms with Crippen LogP contribution >= 0.6 is 15.9 Å². The van der Waals surface area contributed by atoms with Crippen LogP contribution in [-0.2, 0) is 11.8 Å². The van der Waals surface area contributed by atoms with Crippen molar-refractivity contribution < 1.29 is 14.5 Å². The first-order valence-electron chi connectivity index (χ1n) is 4.84. The van der Waals surface area contributed by atoms with E-state index in [1.807, 2.05) is 0 Å². The van der Waals surface area contributed by atoms with Gasteiger partial charge in [-0.25, -0.2) is 4.79 Å². The maximum Gasteiger partial charge on any atom is 0.339 e. The normalized spacial score (nSPS) is 10.6. The number of aromatic nitrogens is 2. The lowest BCUT2D eigenvalue weighted by molar-refractivity contribution is -0.383. The second kappa shape index (κ2) is 4.37. The second-order valence-corrected chi connectivity index (χ2v) is 4.33. The van der Waals surface area contributed by atoms with E-state index in [9.17, 15) is 14.9 Å². The third-order valence-electron chi connectivity index (χ3n) is 2.55. The van der Waals surface area contributed by atoms with Gasteiger partial charge in [-0.3, -0.25) is 14.8 Å². The van der Waals surface area contributed by atoms with Crippen LogP contribution < -0.4 is 0 Å². The van der Waals surface area contributed by atoms with Gasteiger partial charge in [0, 0.05) is 7.05 Å². The molecule has 0 aliphatic carbocycles. The van der Waals surface area contributed by atoms with Gasteiger partial charge in [-0.05, 0) is 22.0 Å². The number of nitro groups is 1. The van der Waals surface area contributed by atoms with Crippen molar-refractivity contribution in [1.82, 2.24) is 9.78 Å². The summed E-state index contributed by atoms with van der Waals surface area (Å²) in [7, 11) is 2.86. The number of nitrogens with zero attached hydrogens (tertiary/aromatic N) is 3. The third kappa shape index (κ3) is 1.74. The number of carbonyl (C=O) groups is 1. The maximum atomic E-state index is 11.6. The molecular formula is C10H8BrN3O4. The first-order chi connectivity index (χ1) is 8.47. The Hall–Kier alpha value is -1.96. The molecule has 7 nitrogen and oxygen atoms in total. The summed E-state index contributed by atoms with van der Waals surface area (Å²) in [6.45, 7) is 0. The van der Waals surface area contributed by atoms with Crippen LogP contribution in [-0.4, -0.2) is 27.8 Å². The SMILES string of the molecule is COC(=O)c1cc2c(cnn2C)c([N+](=O)[O-])c1Br. The summed E-state index contributed by atoms with van der Waals surface area (Å²) in [5.74, 6) is -0.645. The van der Waals surface area contributed by atoms with Gasteiger partial charge in [0.05, 0.1) is 34.7 Å². The number of nitro benzene ring substituents is 1. The molecule has 0 fully saturated rings. The monoisotopic (exact) mass is 313 g/mol. The van der Waals surface area contributed by atoms with Crippen LogP contribution in [0.15, 0.2) is 16.7 Å². The number of benzene rings is 1. The fourth-order valence-electron chi connectivity index (χ4n) is 1.68. The molecule has 0 aliphatic rings. The number of hydrogen-bond acceptors (Lipinski definition) is 5. The standard InChI is InChI=1S/C10H8BrN3O4/c1-13-7-3-5(10(15)18-2)8(11)9(14(16)17)6(7)4-12-13/h3-4H,1-2H3.